The van der Waals surface area contributed by atoms with E-state index in [1.807, 2.05) is 41.0 Å². The van der Waals surface area contributed by atoms with Gasteiger partial charge in [0.15, 0.2) is 11.0 Å². The van der Waals surface area contributed by atoms with Crippen LogP contribution in [-0.2, 0) is 4.79 Å². The van der Waals surface area contributed by atoms with E-state index >= 15 is 0 Å². The highest BCUT2D eigenvalue weighted by Crippen LogP contribution is 2.28. The van der Waals surface area contributed by atoms with Crippen molar-refractivity contribution in [3.63, 3.8) is 0 Å². The lowest BCUT2D eigenvalue weighted by molar-refractivity contribution is -0.305. The summed E-state index contributed by atoms with van der Waals surface area (Å²) in [5.74, 6) is 0.668. The molecule has 7 nitrogen and oxygen atoms in total. The fourth-order valence-corrected chi connectivity index (χ4v) is 3.11. The lowest BCUT2D eigenvalue weighted by Crippen LogP contribution is -2.22. The molecule has 1 aromatic carbocycles. The molecular weight excluding hydrogens is 340 g/mol. The monoisotopic (exact) mass is 355 g/mol. The van der Waals surface area contributed by atoms with Crippen molar-refractivity contribution in [1.82, 2.24) is 19.7 Å². The zero-order chi connectivity index (χ0) is 17.6. The highest BCUT2D eigenvalue weighted by molar-refractivity contribution is 7.99. The Morgan fingerprint density at radius 2 is 1.88 bits per heavy atom. The number of ether oxygens (including phenoxy) is 1. The van der Waals surface area contributed by atoms with Gasteiger partial charge in [-0.05, 0) is 42.8 Å². The number of carboxylic acid groups (broad SMARTS) is 1. The first-order chi connectivity index (χ1) is 12.2. The van der Waals surface area contributed by atoms with Gasteiger partial charge < -0.3 is 14.6 Å². The summed E-state index contributed by atoms with van der Waals surface area (Å²) < 4.78 is 7.08. The third-order valence-electron chi connectivity index (χ3n) is 3.44. The molecule has 25 heavy (non-hydrogen) atoms. The SMILES string of the molecule is COc1ccc(-n2c(SCCC(=O)[O-])nnc2-c2ccncc2)cc1. The smallest absolute Gasteiger partial charge is 0.196 e. The molecule has 0 radical (unpaired) electrons. The van der Waals surface area contributed by atoms with Crippen LogP contribution in [0, 0.1) is 0 Å². The van der Waals surface area contributed by atoms with Gasteiger partial charge in [-0.1, -0.05) is 11.8 Å². The van der Waals surface area contributed by atoms with Gasteiger partial charge in [0.2, 0.25) is 0 Å². The fraction of sp³-hybridized carbons (Fsp3) is 0.176. The van der Waals surface area contributed by atoms with Crippen molar-refractivity contribution in [3.05, 3.63) is 48.8 Å². The van der Waals surface area contributed by atoms with Crippen LogP contribution < -0.4 is 9.84 Å². The maximum absolute atomic E-state index is 10.7. The van der Waals surface area contributed by atoms with Crippen LogP contribution in [0.1, 0.15) is 6.42 Å². The van der Waals surface area contributed by atoms with Gasteiger partial charge in [-0.25, -0.2) is 0 Å². The molecule has 2 heterocycles. The van der Waals surface area contributed by atoms with Crippen molar-refractivity contribution in [2.24, 2.45) is 0 Å². The number of nitrogens with zero attached hydrogens (tertiary/aromatic N) is 4. The Hall–Kier alpha value is -2.87. The topological polar surface area (TPSA) is 93.0 Å². The van der Waals surface area contributed by atoms with E-state index in [-0.39, 0.29) is 6.42 Å². The molecule has 0 spiro atoms. The minimum absolute atomic E-state index is 0.0509. The molecule has 0 fully saturated rings. The second-order valence-electron chi connectivity index (χ2n) is 5.05. The summed E-state index contributed by atoms with van der Waals surface area (Å²) in [7, 11) is 1.61. The fourth-order valence-electron chi connectivity index (χ4n) is 2.24. The molecule has 0 atom stereocenters. The van der Waals surface area contributed by atoms with E-state index in [1.54, 1.807) is 19.5 Å². The summed E-state index contributed by atoms with van der Waals surface area (Å²) in [5, 5.41) is 19.8. The normalized spacial score (nSPS) is 10.6. The summed E-state index contributed by atoms with van der Waals surface area (Å²) in [6.07, 6.45) is 3.32. The molecule has 0 aliphatic heterocycles. The number of methoxy groups -OCH3 is 1. The number of pyridine rings is 1. The van der Waals surface area contributed by atoms with Crippen LogP contribution in [0.15, 0.2) is 53.9 Å². The van der Waals surface area contributed by atoms with Crippen LogP contribution in [0.3, 0.4) is 0 Å². The number of carbonyl (C=O) groups excluding carboxylic acids is 1. The molecule has 3 aromatic rings. The number of aromatic nitrogens is 4. The van der Waals surface area contributed by atoms with Crippen LogP contribution in [0.5, 0.6) is 5.75 Å². The molecule has 0 amide bonds. The van der Waals surface area contributed by atoms with E-state index in [4.69, 9.17) is 4.74 Å². The molecule has 8 heteroatoms. The predicted molar refractivity (Wildman–Crippen MR) is 91.5 cm³/mol. The molecule has 0 N–H and O–H groups in total. The van der Waals surface area contributed by atoms with Gasteiger partial charge >= 0.3 is 0 Å². The number of carboxylic acids is 1. The highest BCUT2D eigenvalue weighted by Gasteiger charge is 2.16. The summed E-state index contributed by atoms with van der Waals surface area (Å²) in [5.41, 5.74) is 1.72. The van der Waals surface area contributed by atoms with Gasteiger partial charge in [-0.3, -0.25) is 9.55 Å². The minimum atomic E-state index is -1.09. The number of thioether (sulfide) groups is 1. The van der Waals surface area contributed by atoms with Crippen molar-refractivity contribution in [2.75, 3.05) is 12.9 Å². The maximum Gasteiger partial charge on any atom is 0.196 e. The van der Waals surface area contributed by atoms with Crippen LogP contribution in [0.25, 0.3) is 17.1 Å². The van der Waals surface area contributed by atoms with Crippen molar-refractivity contribution < 1.29 is 14.6 Å². The second kappa shape index (κ2) is 7.80. The Balaban J connectivity index is 2.01. The van der Waals surface area contributed by atoms with Gasteiger partial charge in [-0.15, -0.1) is 10.2 Å². The van der Waals surface area contributed by atoms with E-state index < -0.39 is 5.97 Å². The molecule has 0 unspecified atom stereocenters. The number of benzene rings is 1. The molecule has 0 saturated heterocycles. The number of hydrogen-bond acceptors (Lipinski definition) is 7. The molecule has 0 saturated carbocycles. The Bertz CT molecular complexity index is 850. The van der Waals surface area contributed by atoms with Gasteiger partial charge in [0.05, 0.1) is 7.11 Å². The average molecular weight is 355 g/mol. The van der Waals surface area contributed by atoms with Crippen LogP contribution >= 0.6 is 11.8 Å². The van der Waals surface area contributed by atoms with Crippen LogP contribution in [-0.4, -0.2) is 38.6 Å². The molecule has 0 bridgehead atoms. The van der Waals surface area contributed by atoms with E-state index in [0.717, 1.165) is 17.0 Å². The molecule has 2 aromatic heterocycles. The second-order valence-corrected chi connectivity index (χ2v) is 6.11. The van der Waals surface area contributed by atoms with Gasteiger partial charge in [-0.2, -0.15) is 0 Å². The first-order valence-electron chi connectivity index (χ1n) is 7.52. The zero-order valence-corrected chi connectivity index (χ0v) is 14.3. The standard InChI is InChI=1S/C17H16N4O3S/c1-24-14-4-2-13(3-5-14)21-16(12-6-9-18-10-7-12)19-20-17(21)25-11-8-15(22)23/h2-7,9-10H,8,11H2,1H3,(H,22,23)/p-1. The van der Waals surface area contributed by atoms with Gasteiger partial charge in [0.25, 0.3) is 0 Å². The van der Waals surface area contributed by atoms with Crippen LogP contribution in [0.4, 0.5) is 0 Å². The third-order valence-corrected chi connectivity index (χ3v) is 4.37. The largest absolute Gasteiger partial charge is 0.550 e. The lowest BCUT2D eigenvalue weighted by Gasteiger charge is -2.11. The van der Waals surface area contributed by atoms with Crippen molar-refractivity contribution in [1.29, 1.82) is 0 Å². The minimum Gasteiger partial charge on any atom is -0.550 e. The lowest BCUT2D eigenvalue weighted by atomic mass is 10.2. The summed E-state index contributed by atoms with van der Waals surface area (Å²) in [6, 6.07) is 11.2. The van der Waals surface area contributed by atoms with Gasteiger partial charge in [0, 0.05) is 35.4 Å². The van der Waals surface area contributed by atoms with E-state index in [9.17, 15) is 9.90 Å². The molecular formula is C17H15N4O3S-. The highest BCUT2D eigenvalue weighted by atomic mass is 32.2. The number of rotatable bonds is 7. The number of aliphatic carboxylic acids is 1. The van der Waals surface area contributed by atoms with E-state index in [0.29, 0.717) is 16.7 Å². The zero-order valence-electron chi connectivity index (χ0n) is 13.5. The average Bonchev–Trinajstić information content (AvgIpc) is 3.06. The number of hydrogen-bond donors (Lipinski definition) is 0. The quantitative estimate of drug-likeness (QED) is 0.594. The molecule has 0 aliphatic carbocycles. The van der Waals surface area contributed by atoms with E-state index in [1.165, 1.54) is 11.8 Å². The third kappa shape index (κ3) is 3.97. The Kier molecular flexibility index (Phi) is 5.30. The molecule has 128 valence electrons. The Morgan fingerprint density at radius 1 is 1.16 bits per heavy atom. The van der Waals surface area contributed by atoms with Crippen molar-refractivity contribution >= 4 is 17.7 Å². The first kappa shape index (κ1) is 17.0. The van der Waals surface area contributed by atoms with Crippen LogP contribution in [0.2, 0.25) is 0 Å². The van der Waals surface area contributed by atoms with E-state index in [2.05, 4.69) is 15.2 Å². The molecule has 0 aliphatic rings. The maximum atomic E-state index is 10.7. The Labute approximate surface area is 148 Å². The van der Waals surface area contributed by atoms with Gasteiger partial charge in [0.1, 0.15) is 5.75 Å². The Morgan fingerprint density at radius 3 is 2.52 bits per heavy atom. The van der Waals surface area contributed by atoms with Crippen molar-refractivity contribution in [3.8, 4) is 22.8 Å². The van der Waals surface area contributed by atoms with Crippen molar-refractivity contribution in [2.45, 2.75) is 11.6 Å². The molecule has 3 rings (SSSR count). The predicted octanol–water partition coefficient (Wildman–Crippen LogP) is 1.57. The summed E-state index contributed by atoms with van der Waals surface area (Å²) >= 11 is 1.32. The summed E-state index contributed by atoms with van der Waals surface area (Å²) in [6.45, 7) is 0. The summed E-state index contributed by atoms with van der Waals surface area (Å²) in [4.78, 5) is 14.7. The first-order valence-corrected chi connectivity index (χ1v) is 8.50. The number of carbonyl (C=O) groups is 1.